The van der Waals surface area contributed by atoms with Gasteiger partial charge in [0.2, 0.25) is 0 Å². The fourth-order valence-corrected chi connectivity index (χ4v) is 6.47. The van der Waals surface area contributed by atoms with E-state index in [0.717, 1.165) is 71.5 Å². The molecule has 3 fully saturated rings. The summed E-state index contributed by atoms with van der Waals surface area (Å²) < 4.78 is 4.48. The largest absolute Gasteiger partial charge is 0.338 e. The number of hydrogen-bond acceptors (Lipinski definition) is 3. The van der Waals surface area contributed by atoms with Crippen molar-refractivity contribution in [1.29, 1.82) is 0 Å². The molecule has 4 aromatic rings. The smallest absolute Gasteiger partial charge is 0.253 e. The van der Waals surface area contributed by atoms with Crippen molar-refractivity contribution >= 4 is 16.9 Å². The lowest BCUT2D eigenvalue weighted by molar-refractivity contribution is 0.0627. The van der Waals surface area contributed by atoms with Crippen LogP contribution in [0.25, 0.3) is 33.9 Å². The van der Waals surface area contributed by atoms with Crippen LogP contribution in [0.2, 0.25) is 0 Å². The van der Waals surface area contributed by atoms with Crippen LogP contribution in [0.1, 0.15) is 48.9 Å². The molecular weight excluding hydrogens is 446 g/mol. The summed E-state index contributed by atoms with van der Waals surface area (Å²) in [6, 6.07) is 16.4. The molecule has 0 bridgehead atoms. The lowest BCUT2D eigenvalue weighted by Crippen LogP contribution is -2.42. The molecule has 1 amide bonds. The minimum atomic E-state index is 0.152. The van der Waals surface area contributed by atoms with Crippen molar-refractivity contribution in [3.05, 3.63) is 60.3 Å². The van der Waals surface area contributed by atoms with E-state index in [-0.39, 0.29) is 5.91 Å². The number of aromatic nitrogens is 4. The van der Waals surface area contributed by atoms with E-state index in [0.29, 0.717) is 11.8 Å². The van der Waals surface area contributed by atoms with E-state index in [1.807, 2.05) is 24.4 Å². The van der Waals surface area contributed by atoms with Crippen molar-refractivity contribution < 1.29 is 4.79 Å². The summed E-state index contributed by atoms with van der Waals surface area (Å²) in [7, 11) is 2.06. The number of fused-ring (bicyclic) bond motifs is 2. The van der Waals surface area contributed by atoms with Gasteiger partial charge in [0, 0.05) is 37.8 Å². The van der Waals surface area contributed by atoms with Crippen LogP contribution in [0.15, 0.2) is 54.7 Å². The summed E-state index contributed by atoms with van der Waals surface area (Å²) >= 11 is 0. The van der Waals surface area contributed by atoms with Crippen molar-refractivity contribution in [3.63, 3.8) is 0 Å². The second kappa shape index (κ2) is 8.61. The minimum Gasteiger partial charge on any atom is -0.338 e. The van der Waals surface area contributed by atoms with Crippen LogP contribution in [0, 0.1) is 17.8 Å². The van der Waals surface area contributed by atoms with Gasteiger partial charge in [-0.3, -0.25) is 4.79 Å². The van der Waals surface area contributed by atoms with Crippen LogP contribution in [-0.4, -0.2) is 43.0 Å². The Kier molecular flexibility index (Phi) is 5.22. The number of benzene rings is 2. The molecule has 6 heteroatoms. The molecule has 2 aromatic carbocycles. The first-order chi connectivity index (χ1) is 17.7. The number of amides is 1. The summed E-state index contributed by atoms with van der Waals surface area (Å²) in [5.74, 6) is 4.28. The van der Waals surface area contributed by atoms with Crippen LogP contribution in [0.3, 0.4) is 0 Å². The van der Waals surface area contributed by atoms with Gasteiger partial charge in [-0.2, -0.15) is 0 Å². The topological polar surface area (TPSA) is 56.0 Å². The van der Waals surface area contributed by atoms with Gasteiger partial charge in [-0.1, -0.05) is 43.2 Å². The number of imidazole rings is 2. The molecule has 184 valence electrons. The van der Waals surface area contributed by atoms with Crippen molar-refractivity contribution in [3.8, 4) is 22.9 Å². The van der Waals surface area contributed by atoms with E-state index < -0.39 is 0 Å². The van der Waals surface area contributed by atoms with Crippen LogP contribution in [0.5, 0.6) is 0 Å². The number of carbonyl (C=O) groups is 1. The zero-order valence-electron chi connectivity index (χ0n) is 20.9. The minimum absolute atomic E-state index is 0.152. The van der Waals surface area contributed by atoms with Crippen molar-refractivity contribution in [1.82, 2.24) is 24.0 Å². The highest BCUT2D eigenvalue weighted by Gasteiger charge is 2.35. The maximum atomic E-state index is 13.4. The van der Waals surface area contributed by atoms with E-state index >= 15 is 0 Å². The van der Waals surface area contributed by atoms with Crippen LogP contribution in [-0.2, 0) is 13.6 Å². The summed E-state index contributed by atoms with van der Waals surface area (Å²) in [6.07, 6.45) is 9.61. The Morgan fingerprint density at radius 3 is 2.64 bits per heavy atom. The summed E-state index contributed by atoms with van der Waals surface area (Å²) in [6.45, 7) is 2.76. The molecule has 2 atom stereocenters. The van der Waals surface area contributed by atoms with Gasteiger partial charge in [-0.25, -0.2) is 9.97 Å². The Morgan fingerprint density at radius 1 is 0.972 bits per heavy atom. The molecule has 2 aromatic heterocycles. The molecule has 2 aliphatic carbocycles. The molecule has 3 aliphatic rings. The van der Waals surface area contributed by atoms with Gasteiger partial charge in [-0.05, 0) is 61.6 Å². The average molecular weight is 480 g/mol. The van der Waals surface area contributed by atoms with Gasteiger partial charge in [0.05, 0.1) is 17.2 Å². The third-order valence-electron chi connectivity index (χ3n) is 8.71. The second-order valence-corrected chi connectivity index (χ2v) is 11.1. The number of hydrogen-bond donors (Lipinski definition) is 0. The van der Waals surface area contributed by atoms with E-state index in [9.17, 15) is 4.79 Å². The Hall–Kier alpha value is -3.41. The van der Waals surface area contributed by atoms with Crippen molar-refractivity contribution in [2.45, 2.75) is 45.1 Å². The first-order valence-corrected chi connectivity index (χ1v) is 13.5. The molecular formula is C30H33N5O. The van der Waals surface area contributed by atoms with E-state index in [4.69, 9.17) is 9.97 Å². The second-order valence-electron chi connectivity index (χ2n) is 11.1. The quantitative estimate of drug-likeness (QED) is 0.365. The lowest BCUT2D eigenvalue weighted by Gasteiger charge is -2.35. The molecule has 36 heavy (non-hydrogen) atoms. The zero-order chi connectivity index (χ0) is 24.2. The highest BCUT2D eigenvalue weighted by molar-refractivity contribution is 5.98. The molecule has 1 aliphatic heterocycles. The molecule has 0 radical (unpaired) electrons. The third-order valence-corrected chi connectivity index (χ3v) is 8.71. The molecule has 3 heterocycles. The van der Waals surface area contributed by atoms with Crippen LogP contribution < -0.4 is 0 Å². The van der Waals surface area contributed by atoms with Gasteiger partial charge < -0.3 is 14.0 Å². The third kappa shape index (κ3) is 3.74. The number of piperidine rings is 1. The number of nitrogens with zero attached hydrogens (tertiary/aromatic N) is 5. The molecule has 7 rings (SSSR count). The fraction of sp³-hybridized carbons (Fsp3) is 0.433. The average Bonchev–Trinajstić information content (AvgIpc) is 3.30. The molecule has 1 saturated heterocycles. The summed E-state index contributed by atoms with van der Waals surface area (Å²) in [5.41, 5.74) is 4.82. The Morgan fingerprint density at radius 2 is 1.81 bits per heavy atom. The van der Waals surface area contributed by atoms with Crippen LogP contribution in [0.4, 0.5) is 0 Å². The normalized spacial score (nSPS) is 21.8. The van der Waals surface area contributed by atoms with E-state index in [1.54, 1.807) is 0 Å². The van der Waals surface area contributed by atoms with E-state index in [2.05, 4.69) is 51.4 Å². The first-order valence-electron chi connectivity index (χ1n) is 13.5. The van der Waals surface area contributed by atoms with Crippen molar-refractivity contribution in [2.75, 3.05) is 13.1 Å². The summed E-state index contributed by atoms with van der Waals surface area (Å²) in [4.78, 5) is 25.4. The van der Waals surface area contributed by atoms with Crippen molar-refractivity contribution in [2.24, 2.45) is 24.8 Å². The standard InChI is InChI=1S/C30H33N5O/c1-33-26-13-12-23(30(36)34-15-14-21-8-5-9-24(21)19-34)16-25(26)32-29(33)27-17-31-28(22-6-3-2-4-7-22)35(27)18-20-10-11-20/h2-4,6-7,12-13,16-17,20-21,24H,5,8-11,14-15,18-19H2,1H3. The zero-order valence-corrected chi connectivity index (χ0v) is 20.9. The Balaban J connectivity index is 1.23. The summed E-state index contributed by atoms with van der Waals surface area (Å²) in [5, 5.41) is 0. The predicted molar refractivity (Wildman–Crippen MR) is 141 cm³/mol. The lowest BCUT2D eigenvalue weighted by atomic mass is 9.88. The number of likely N-dealkylation sites (tertiary alicyclic amines) is 1. The molecule has 6 nitrogen and oxygen atoms in total. The molecule has 2 unspecified atom stereocenters. The Labute approximate surface area is 212 Å². The SMILES string of the molecule is Cn1c(-c2cnc(-c3ccccc3)n2CC2CC2)nc2cc(C(=O)N3CCC4CCCC4C3)ccc21. The van der Waals surface area contributed by atoms with Gasteiger partial charge in [-0.15, -0.1) is 0 Å². The Bertz CT molecular complexity index is 1430. The molecule has 0 N–H and O–H groups in total. The maximum absolute atomic E-state index is 13.4. The number of aryl methyl sites for hydroxylation is 1. The maximum Gasteiger partial charge on any atom is 0.253 e. The van der Waals surface area contributed by atoms with Gasteiger partial charge in [0.1, 0.15) is 11.5 Å². The van der Waals surface area contributed by atoms with Gasteiger partial charge >= 0.3 is 0 Å². The molecule has 0 spiro atoms. The van der Waals surface area contributed by atoms with Crippen LogP contribution >= 0.6 is 0 Å². The number of rotatable bonds is 5. The highest BCUT2D eigenvalue weighted by Crippen LogP contribution is 2.38. The predicted octanol–water partition coefficient (Wildman–Crippen LogP) is 5.78. The van der Waals surface area contributed by atoms with Gasteiger partial charge in [0.15, 0.2) is 5.82 Å². The highest BCUT2D eigenvalue weighted by atomic mass is 16.2. The monoisotopic (exact) mass is 479 g/mol. The molecule has 2 saturated carbocycles. The fourth-order valence-electron chi connectivity index (χ4n) is 6.47. The number of carbonyl (C=O) groups excluding carboxylic acids is 1. The van der Waals surface area contributed by atoms with Gasteiger partial charge in [0.25, 0.3) is 5.91 Å². The first kappa shape index (κ1) is 21.8. The van der Waals surface area contributed by atoms with E-state index in [1.165, 1.54) is 32.1 Å².